The molecule has 11 nitrogen and oxygen atoms in total. The highest BCUT2D eigenvalue weighted by molar-refractivity contribution is 5.83. The summed E-state index contributed by atoms with van der Waals surface area (Å²) in [7, 11) is 3.94. The molecule has 2 aromatic heterocycles. The Morgan fingerprint density at radius 1 is 0.878 bits per heavy atom. The van der Waals surface area contributed by atoms with E-state index in [2.05, 4.69) is 32.5 Å². The molecule has 1 aliphatic heterocycles. The Labute approximate surface area is 274 Å². The van der Waals surface area contributed by atoms with Gasteiger partial charge in [0.2, 0.25) is 0 Å². The molecule has 4 aromatic rings. The number of hydrogen-bond acceptors (Lipinski definition) is 9. The predicted octanol–water partition coefficient (Wildman–Crippen LogP) is 6.45. The summed E-state index contributed by atoms with van der Waals surface area (Å²) < 4.78 is 88.2. The zero-order valence-corrected chi connectivity index (χ0v) is 25.8. The number of rotatable bonds is 7. The lowest BCUT2D eigenvalue weighted by molar-refractivity contribution is -0.193. The fraction of sp³-hybridized carbons (Fsp3) is 0.290. The van der Waals surface area contributed by atoms with Crippen molar-refractivity contribution in [3.8, 4) is 22.4 Å². The van der Waals surface area contributed by atoms with E-state index in [4.69, 9.17) is 29.1 Å². The Morgan fingerprint density at radius 2 is 1.43 bits per heavy atom. The highest BCUT2D eigenvalue weighted by Gasteiger charge is 2.38. The van der Waals surface area contributed by atoms with E-state index in [1.165, 1.54) is 17.8 Å². The number of carbonyl (C=O) groups is 2. The predicted molar refractivity (Wildman–Crippen MR) is 163 cm³/mol. The van der Waals surface area contributed by atoms with Crippen LogP contribution in [-0.4, -0.2) is 89.9 Å². The first kappa shape index (κ1) is 38.2. The Bertz CT molecular complexity index is 1650. The van der Waals surface area contributed by atoms with E-state index in [1.807, 2.05) is 43.3 Å². The van der Waals surface area contributed by atoms with Gasteiger partial charge in [0.25, 0.3) is 0 Å². The zero-order valence-electron chi connectivity index (χ0n) is 25.8. The Morgan fingerprint density at radius 3 is 1.94 bits per heavy atom. The second kappa shape index (κ2) is 16.7. The minimum atomic E-state index is -5.08. The van der Waals surface area contributed by atoms with Crippen molar-refractivity contribution in [2.75, 3.05) is 50.6 Å². The van der Waals surface area contributed by atoms with Gasteiger partial charge in [-0.3, -0.25) is 0 Å². The Kier molecular flexibility index (Phi) is 13.1. The number of aromatic nitrogens is 2. The van der Waals surface area contributed by atoms with Gasteiger partial charge in [0.1, 0.15) is 17.3 Å². The number of hydrogen-bond donors (Lipinski definition) is 3. The number of carboxylic acid groups (broad SMARTS) is 2. The van der Waals surface area contributed by atoms with Crippen molar-refractivity contribution >= 4 is 29.1 Å². The normalized spacial score (nSPS) is 13.1. The highest BCUT2D eigenvalue weighted by Crippen LogP contribution is 2.36. The summed E-state index contributed by atoms with van der Waals surface area (Å²) in [5.74, 6) is -4.37. The molecule has 18 heteroatoms. The van der Waals surface area contributed by atoms with Crippen LogP contribution in [0.15, 0.2) is 71.4 Å². The lowest BCUT2D eigenvalue weighted by Gasteiger charge is -2.28. The van der Waals surface area contributed by atoms with Gasteiger partial charge >= 0.3 is 24.3 Å². The van der Waals surface area contributed by atoms with Gasteiger partial charge in [0.05, 0.1) is 25.3 Å². The van der Waals surface area contributed by atoms with Gasteiger partial charge in [0.15, 0.2) is 5.76 Å². The van der Waals surface area contributed by atoms with E-state index in [9.17, 15) is 30.7 Å². The second-order valence-corrected chi connectivity index (χ2v) is 10.4. The molecule has 3 heterocycles. The van der Waals surface area contributed by atoms with Gasteiger partial charge < -0.3 is 34.6 Å². The van der Waals surface area contributed by atoms with Crippen LogP contribution in [0.2, 0.25) is 0 Å². The number of alkyl halides is 6. The van der Waals surface area contributed by atoms with Crippen molar-refractivity contribution in [2.45, 2.75) is 18.9 Å². The summed E-state index contributed by atoms with van der Waals surface area (Å²) in [6, 6.07) is 18.6. The van der Waals surface area contributed by atoms with Gasteiger partial charge in [0, 0.05) is 36.2 Å². The molecular formula is C31H30F7N5O6. The van der Waals surface area contributed by atoms with Crippen LogP contribution < -0.4 is 10.2 Å². The maximum Gasteiger partial charge on any atom is 0.490 e. The summed E-state index contributed by atoms with van der Waals surface area (Å²) in [6.07, 6.45) is -8.42. The summed E-state index contributed by atoms with van der Waals surface area (Å²) in [6.45, 7) is 3.90. The first-order chi connectivity index (χ1) is 23.0. The van der Waals surface area contributed by atoms with Crippen molar-refractivity contribution in [1.29, 1.82) is 0 Å². The minimum absolute atomic E-state index is 0.282. The average Bonchev–Trinajstić information content (AvgIpc) is 3.45. The molecule has 49 heavy (non-hydrogen) atoms. The first-order valence-corrected chi connectivity index (χ1v) is 14.1. The number of morpholine rings is 1. The number of carboxylic acids is 2. The van der Waals surface area contributed by atoms with E-state index in [0.717, 1.165) is 54.4 Å². The topological polar surface area (TPSA) is 141 Å². The third-order valence-corrected chi connectivity index (χ3v) is 6.39. The molecule has 0 atom stereocenters. The number of benzene rings is 2. The number of anilines is 3. The fourth-order valence-corrected chi connectivity index (χ4v) is 4.20. The summed E-state index contributed by atoms with van der Waals surface area (Å²) in [5, 5.41) is 22.0. The van der Waals surface area contributed by atoms with E-state index >= 15 is 0 Å². The standard InChI is InChI=1S/C27H28FN5O2.2C2HF3O2/c1-32(2)18-24-26(19-3-5-21(28)6-4-19)27(31-35-24)20-11-12-29-25(17-20)30-22-7-9-23(10-8-22)33-13-15-34-16-14-33;2*3-2(4,5)1(6)7/h3-12,17H,13-16,18H2,1-2H3,(H,29,30);2*(H,6,7). The molecule has 0 spiro atoms. The summed E-state index contributed by atoms with van der Waals surface area (Å²) in [5.41, 5.74) is 5.39. The quantitative estimate of drug-likeness (QED) is 0.183. The number of halogens is 7. The van der Waals surface area contributed by atoms with E-state index in [0.29, 0.717) is 18.1 Å². The number of nitrogens with zero attached hydrogens (tertiary/aromatic N) is 4. The molecule has 1 saturated heterocycles. The molecule has 0 saturated carbocycles. The van der Waals surface area contributed by atoms with Crippen LogP contribution >= 0.6 is 0 Å². The first-order valence-electron chi connectivity index (χ1n) is 14.1. The van der Waals surface area contributed by atoms with Crippen LogP contribution in [0.25, 0.3) is 22.4 Å². The third-order valence-electron chi connectivity index (χ3n) is 6.39. The number of ether oxygens (including phenoxy) is 1. The fourth-order valence-electron chi connectivity index (χ4n) is 4.20. The van der Waals surface area contributed by atoms with Crippen LogP contribution in [0.4, 0.5) is 47.9 Å². The van der Waals surface area contributed by atoms with Gasteiger partial charge in [-0.1, -0.05) is 17.3 Å². The van der Waals surface area contributed by atoms with Crippen LogP contribution in [0, 0.1) is 5.82 Å². The monoisotopic (exact) mass is 701 g/mol. The van der Waals surface area contributed by atoms with Crippen molar-refractivity contribution < 1.29 is 59.8 Å². The molecule has 1 fully saturated rings. The molecular weight excluding hydrogens is 671 g/mol. The molecule has 1 aliphatic rings. The van der Waals surface area contributed by atoms with Crippen molar-refractivity contribution in [3.05, 3.63) is 78.4 Å². The molecule has 0 bridgehead atoms. The molecule has 0 radical (unpaired) electrons. The number of pyridine rings is 1. The lowest BCUT2D eigenvalue weighted by Crippen LogP contribution is -2.36. The van der Waals surface area contributed by atoms with E-state index in [-0.39, 0.29) is 5.82 Å². The molecule has 0 unspecified atom stereocenters. The van der Waals surface area contributed by atoms with Crippen LogP contribution in [0.5, 0.6) is 0 Å². The zero-order chi connectivity index (χ0) is 36.4. The minimum Gasteiger partial charge on any atom is -0.475 e. The number of aliphatic carboxylic acids is 2. The van der Waals surface area contributed by atoms with E-state index in [1.54, 1.807) is 18.3 Å². The van der Waals surface area contributed by atoms with E-state index < -0.39 is 24.3 Å². The summed E-state index contributed by atoms with van der Waals surface area (Å²) in [4.78, 5) is 26.6. The third kappa shape index (κ3) is 11.8. The maximum atomic E-state index is 13.6. The van der Waals surface area contributed by atoms with Crippen molar-refractivity contribution in [2.24, 2.45) is 0 Å². The molecule has 0 aliphatic carbocycles. The molecule has 0 amide bonds. The Hall–Kier alpha value is -5.23. The van der Waals surface area contributed by atoms with Crippen LogP contribution in [0.1, 0.15) is 5.76 Å². The smallest absolute Gasteiger partial charge is 0.475 e. The van der Waals surface area contributed by atoms with Crippen molar-refractivity contribution in [1.82, 2.24) is 15.0 Å². The second-order valence-electron chi connectivity index (χ2n) is 10.4. The summed E-state index contributed by atoms with van der Waals surface area (Å²) >= 11 is 0. The SMILES string of the molecule is CN(C)Cc1onc(-c2ccnc(Nc3ccc(N4CCOCC4)cc3)c2)c1-c1ccc(F)cc1.O=C(O)C(F)(F)F.O=C(O)C(F)(F)F. The average molecular weight is 702 g/mol. The van der Waals surface area contributed by atoms with Gasteiger partial charge in [-0.15, -0.1) is 0 Å². The Balaban J connectivity index is 0.000000392. The van der Waals surface area contributed by atoms with Gasteiger partial charge in [-0.05, 0) is 68.2 Å². The van der Waals surface area contributed by atoms with Gasteiger partial charge in [-0.25, -0.2) is 19.0 Å². The number of nitrogens with one attached hydrogen (secondary N) is 1. The van der Waals surface area contributed by atoms with Crippen molar-refractivity contribution in [3.63, 3.8) is 0 Å². The molecule has 5 rings (SSSR count). The maximum absolute atomic E-state index is 13.6. The highest BCUT2D eigenvalue weighted by atomic mass is 19.4. The lowest BCUT2D eigenvalue weighted by atomic mass is 9.99. The van der Waals surface area contributed by atoms with Gasteiger partial charge in [-0.2, -0.15) is 26.3 Å². The van der Waals surface area contributed by atoms with Crippen LogP contribution in [-0.2, 0) is 20.9 Å². The largest absolute Gasteiger partial charge is 0.490 e. The molecule has 3 N–H and O–H groups in total. The molecule has 2 aromatic carbocycles. The van der Waals surface area contributed by atoms with Crippen LogP contribution in [0.3, 0.4) is 0 Å². The molecule has 264 valence electrons.